The number of rotatable bonds is 4. The molecular formula is C14H12ClNO4. The van der Waals surface area contributed by atoms with Gasteiger partial charge >= 0.3 is 11.9 Å². The molecule has 0 unspecified atom stereocenters. The number of H-pyrrole nitrogens is 1. The van der Waals surface area contributed by atoms with E-state index < -0.39 is 11.9 Å². The van der Waals surface area contributed by atoms with Crippen LogP contribution in [0.15, 0.2) is 24.3 Å². The van der Waals surface area contributed by atoms with Gasteiger partial charge in [0.2, 0.25) is 0 Å². The summed E-state index contributed by atoms with van der Waals surface area (Å²) in [6.07, 6.45) is 2.32. The van der Waals surface area contributed by atoms with Gasteiger partial charge < -0.3 is 14.8 Å². The van der Waals surface area contributed by atoms with Gasteiger partial charge in [-0.05, 0) is 31.2 Å². The molecule has 2 rings (SSSR count). The molecule has 2 N–H and O–H groups in total. The van der Waals surface area contributed by atoms with Gasteiger partial charge in [0.1, 0.15) is 5.69 Å². The molecule has 0 aliphatic heterocycles. The summed E-state index contributed by atoms with van der Waals surface area (Å²) in [5.41, 5.74) is 1.34. The number of ether oxygens (including phenoxy) is 1. The number of carboxylic acid groups (broad SMARTS) is 1. The minimum atomic E-state index is -1.10. The lowest BCUT2D eigenvalue weighted by molar-refractivity contribution is -0.131. The summed E-state index contributed by atoms with van der Waals surface area (Å²) in [4.78, 5) is 25.5. The van der Waals surface area contributed by atoms with Gasteiger partial charge in [0.25, 0.3) is 0 Å². The third-order valence-electron chi connectivity index (χ3n) is 2.67. The summed E-state index contributed by atoms with van der Waals surface area (Å²) in [6.45, 7) is 1.93. The van der Waals surface area contributed by atoms with Crippen LogP contribution in [-0.2, 0) is 9.53 Å². The van der Waals surface area contributed by atoms with Crippen LogP contribution in [0.3, 0.4) is 0 Å². The fourth-order valence-corrected chi connectivity index (χ4v) is 2.05. The SMILES string of the molecule is CCOC(=O)c1[nH]c2ccc(Cl)cc2c1C=CC(=O)O. The molecule has 5 nitrogen and oxygen atoms in total. The van der Waals surface area contributed by atoms with Gasteiger partial charge in [0.05, 0.1) is 6.61 Å². The highest BCUT2D eigenvalue weighted by Crippen LogP contribution is 2.27. The van der Waals surface area contributed by atoms with Crippen LogP contribution in [0.5, 0.6) is 0 Å². The molecule has 20 heavy (non-hydrogen) atoms. The van der Waals surface area contributed by atoms with E-state index in [0.29, 0.717) is 21.5 Å². The van der Waals surface area contributed by atoms with Crippen molar-refractivity contribution in [2.24, 2.45) is 0 Å². The lowest BCUT2D eigenvalue weighted by Gasteiger charge is -2.00. The fraction of sp³-hybridized carbons (Fsp3) is 0.143. The number of hydrogen-bond acceptors (Lipinski definition) is 3. The molecule has 104 valence electrons. The molecule has 0 aliphatic rings. The van der Waals surface area contributed by atoms with Gasteiger partial charge in [0.15, 0.2) is 0 Å². The predicted molar refractivity (Wildman–Crippen MR) is 75.9 cm³/mol. The number of carbonyl (C=O) groups is 2. The third kappa shape index (κ3) is 2.83. The number of benzene rings is 1. The standard InChI is InChI=1S/C14H12ClNO4/c1-2-20-14(19)13-9(4-6-12(17)18)10-7-8(15)3-5-11(10)16-13/h3-7,16H,2H2,1H3,(H,17,18). The molecule has 0 atom stereocenters. The van der Waals surface area contributed by atoms with E-state index in [1.165, 1.54) is 6.08 Å². The van der Waals surface area contributed by atoms with Crippen LogP contribution in [0.1, 0.15) is 23.0 Å². The van der Waals surface area contributed by atoms with Crippen LogP contribution < -0.4 is 0 Å². The molecule has 0 spiro atoms. The average molecular weight is 294 g/mol. The maximum Gasteiger partial charge on any atom is 0.355 e. The van der Waals surface area contributed by atoms with Crippen molar-refractivity contribution in [3.05, 3.63) is 40.6 Å². The van der Waals surface area contributed by atoms with Crippen LogP contribution in [0, 0.1) is 0 Å². The maximum atomic E-state index is 11.9. The second-order valence-corrected chi connectivity index (χ2v) is 4.43. The first-order chi connectivity index (χ1) is 9.52. The number of nitrogens with one attached hydrogen (secondary N) is 1. The van der Waals surface area contributed by atoms with Crippen LogP contribution in [0.2, 0.25) is 5.02 Å². The summed E-state index contributed by atoms with van der Waals surface area (Å²) < 4.78 is 4.95. The minimum Gasteiger partial charge on any atom is -0.478 e. The van der Waals surface area contributed by atoms with E-state index in [0.717, 1.165) is 6.08 Å². The Morgan fingerprint density at radius 2 is 2.20 bits per heavy atom. The smallest absolute Gasteiger partial charge is 0.355 e. The number of fused-ring (bicyclic) bond motifs is 1. The Kier molecular flexibility index (Phi) is 4.10. The van der Waals surface area contributed by atoms with Crippen molar-refractivity contribution < 1.29 is 19.4 Å². The summed E-state index contributed by atoms with van der Waals surface area (Å²) in [5, 5.41) is 9.89. The average Bonchev–Trinajstić information content (AvgIpc) is 2.74. The van der Waals surface area contributed by atoms with Gasteiger partial charge in [-0.25, -0.2) is 9.59 Å². The Morgan fingerprint density at radius 1 is 1.45 bits per heavy atom. The monoisotopic (exact) mass is 293 g/mol. The number of aromatic amines is 1. The first-order valence-electron chi connectivity index (χ1n) is 5.92. The van der Waals surface area contributed by atoms with Crippen molar-refractivity contribution in [3.63, 3.8) is 0 Å². The van der Waals surface area contributed by atoms with E-state index in [2.05, 4.69) is 4.98 Å². The molecule has 2 aromatic rings. The number of esters is 1. The Labute approximate surface area is 119 Å². The number of carbonyl (C=O) groups excluding carboxylic acids is 1. The summed E-state index contributed by atoms with van der Waals surface area (Å²) in [5.74, 6) is -1.64. The summed E-state index contributed by atoms with van der Waals surface area (Å²) in [6, 6.07) is 5.07. The topological polar surface area (TPSA) is 79.4 Å². The van der Waals surface area contributed by atoms with E-state index >= 15 is 0 Å². The quantitative estimate of drug-likeness (QED) is 0.670. The zero-order valence-corrected chi connectivity index (χ0v) is 11.4. The molecule has 1 heterocycles. The van der Waals surface area contributed by atoms with Crippen LogP contribution in [-0.4, -0.2) is 28.6 Å². The normalized spacial score (nSPS) is 11.1. The lowest BCUT2D eigenvalue weighted by atomic mass is 10.1. The maximum absolute atomic E-state index is 11.9. The molecule has 0 saturated heterocycles. The first-order valence-corrected chi connectivity index (χ1v) is 6.30. The van der Waals surface area contributed by atoms with Crippen molar-refractivity contribution in [3.8, 4) is 0 Å². The molecule has 0 aliphatic carbocycles. The van der Waals surface area contributed by atoms with Gasteiger partial charge in [0, 0.05) is 27.6 Å². The number of aliphatic carboxylic acids is 1. The summed E-state index contributed by atoms with van der Waals surface area (Å²) >= 11 is 5.93. The largest absolute Gasteiger partial charge is 0.478 e. The number of halogens is 1. The van der Waals surface area contributed by atoms with Crippen molar-refractivity contribution in [2.75, 3.05) is 6.61 Å². The molecule has 0 fully saturated rings. The third-order valence-corrected chi connectivity index (χ3v) is 2.91. The fourth-order valence-electron chi connectivity index (χ4n) is 1.88. The molecule has 0 radical (unpaired) electrons. The summed E-state index contributed by atoms with van der Waals surface area (Å²) in [7, 11) is 0. The zero-order chi connectivity index (χ0) is 14.7. The molecule has 0 amide bonds. The molecule has 6 heteroatoms. The Hall–Kier alpha value is -2.27. The molecule has 0 saturated carbocycles. The lowest BCUT2D eigenvalue weighted by Crippen LogP contribution is -2.06. The minimum absolute atomic E-state index is 0.210. The van der Waals surface area contributed by atoms with E-state index in [1.807, 2.05) is 0 Å². The van der Waals surface area contributed by atoms with Crippen LogP contribution in [0.4, 0.5) is 0 Å². The Balaban J connectivity index is 2.63. The van der Waals surface area contributed by atoms with Gasteiger partial charge in [-0.2, -0.15) is 0 Å². The first kappa shape index (κ1) is 14.1. The predicted octanol–water partition coefficient (Wildman–Crippen LogP) is 3.10. The van der Waals surface area contributed by atoms with Gasteiger partial charge in [-0.1, -0.05) is 11.6 Å². The molecule has 1 aromatic heterocycles. The van der Waals surface area contributed by atoms with Crippen molar-refractivity contribution >= 4 is 40.5 Å². The zero-order valence-electron chi connectivity index (χ0n) is 10.6. The number of aromatic nitrogens is 1. The van der Waals surface area contributed by atoms with E-state index in [-0.39, 0.29) is 12.3 Å². The van der Waals surface area contributed by atoms with Crippen LogP contribution in [0.25, 0.3) is 17.0 Å². The second kappa shape index (κ2) is 5.79. The highest BCUT2D eigenvalue weighted by atomic mass is 35.5. The van der Waals surface area contributed by atoms with E-state index in [1.54, 1.807) is 25.1 Å². The second-order valence-electron chi connectivity index (χ2n) is 4.00. The molecular weight excluding hydrogens is 282 g/mol. The Bertz CT molecular complexity index is 703. The number of hydrogen-bond donors (Lipinski definition) is 2. The van der Waals surface area contributed by atoms with Gasteiger partial charge in [-0.3, -0.25) is 0 Å². The van der Waals surface area contributed by atoms with E-state index in [9.17, 15) is 9.59 Å². The van der Waals surface area contributed by atoms with Crippen LogP contribution >= 0.6 is 11.6 Å². The van der Waals surface area contributed by atoms with Crippen molar-refractivity contribution in [1.82, 2.24) is 4.98 Å². The van der Waals surface area contributed by atoms with Crippen molar-refractivity contribution in [2.45, 2.75) is 6.92 Å². The molecule has 1 aromatic carbocycles. The van der Waals surface area contributed by atoms with Gasteiger partial charge in [-0.15, -0.1) is 0 Å². The van der Waals surface area contributed by atoms with Crippen molar-refractivity contribution in [1.29, 1.82) is 0 Å². The highest BCUT2D eigenvalue weighted by molar-refractivity contribution is 6.31. The Morgan fingerprint density at radius 3 is 2.85 bits per heavy atom. The van der Waals surface area contributed by atoms with E-state index in [4.69, 9.17) is 21.4 Å². The highest BCUT2D eigenvalue weighted by Gasteiger charge is 2.17. The molecule has 0 bridgehead atoms. The number of carboxylic acids is 1.